The summed E-state index contributed by atoms with van der Waals surface area (Å²) >= 11 is 2.94. The number of anilines is 1. The van der Waals surface area contributed by atoms with Crippen LogP contribution in [0, 0.1) is 12.7 Å². The molecule has 25 heavy (non-hydrogen) atoms. The second-order valence-electron chi connectivity index (χ2n) is 5.50. The zero-order valence-corrected chi connectivity index (χ0v) is 15.3. The van der Waals surface area contributed by atoms with E-state index in [2.05, 4.69) is 10.3 Å². The second-order valence-corrected chi connectivity index (χ2v) is 7.53. The van der Waals surface area contributed by atoms with Gasteiger partial charge in [0.25, 0.3) is 0 Å². The molecule has 3 rings (SSSR count). The number of hydrogen-bond acceptors (Lipinski definition) is 4. The summed E-state index contributed by atoms with van der Waals surface area (Å²) in [6.45, 7) is 2.04. The van der Waals surface area contributed by atoms with E-state index in [1.807, 2.05) is 36.6 Å². The van der Waals surface area contributed by atoms with Crippen molar-refractivity contribution < 1.29 is 9.18 Å². The number of thioether (sulfide) groups is 1. The molecular formula is C19H17FN2OS2. The molecular weight excluding hydrogens is 355 g/mol. The number of nitrogens with zero attached hydrogens (tertiary/aromatic N) is 1. The lowest BCUT2D eigenvalue weighted by Crippen LogP contribution is -2.11. The Hall–Kier alpha value is -2.18. The van der Waals surface area contributed by atoms with Crippen molar-refractivity contribution >= 4 is 34.1 Å². The van der Waals surface area contributed by atoms with Crippen LogP contribution in [-0.2, 0) is 4.79 Å². The third kappa shape index (κ3) is 5.14. The summed E-state index contributed by atoms with van der Waals surface area (Å²) in [6, 6.07) is 14.4. The lowest BCUT2D eigenvalue weighted by molar-refractivity contribution is -0.115. The number of carbonyl (C=O) groups is 1. The molecule has 0 atom stereocenters. The van der Waals surface area contributed by atoms with Gasteiger partial charge in [0.05, 0.1) is 5.69 Å². The molecule has 1 N–H and O–H groups in total. The summed E-state index contributed by atoms with van der Waals surface area (Å²) in [6.07, 6.45) is 0.376. The fraction of sp³-hybridized carbons (Fsp3) is 0.158. The van der Waals surface area contributed by atoms with Gasteiger partial charge in [0.2, 0.25) is 5.91 Å². The summed E-state index contributed by atoms with van der Waals surface area (Å²) < 4.78 is 12.8. The van der Waals surface area contributed by atoms with E-state index >= 15 is 0 Å². The van der Waals surface area contributed by atoms with Gasteiger partial charge in [0.1, 0.15) is 5.82 Å². The highest BCUT2D eigenvalue weighted by atomic mass is 32.2. The first-order valence-electron chi connectivity index (χ1n) is 7.81. The van der Waals surface area contributed by atoms with Crippen LogP contribution in [0.25, 0.3) is 11.3 Å². The number of aromatic nitrogens is 1. The first kappa shape index (κ1) is 17.6. The predicted octanol–water partition coefficient (Wildman–Crippen LogP) is 5.38. The Labute approximate surface area is 154 Å². The average molecular weight is 372 g/mol. The zero-order chi connectivity index (χ0) is 17.6. The number of nitrogens with one attached hydrogen (secondary N) is 1. The number of benzene rings is 2. The predicted molar refractivity (Wildman–Crippen MR) is 103 cm³/mol. The van der Waals surface area contributed by atoms with Gasteiger partial charge in [-0.25, -0.2) is 9.37 Å². The van der Waals surface area contributed by atoms with Crippen molar-refractivity contribution in [3.63, 3.8) is 0 Å². The van der Waals surface area contributed by atoms with E-state index in [1.54, 1.807) is 12.1 Å². The SMILES string of the molecule is Cc1ccc(-c2csc(NC(=O)CCSc3ccc(F)cc3)n2)cc1. The second kappa shape index (κ2) is 8.27. The molecule has 3 nitrogen and oxygen atoms in total. The van der Waals surface area contributed by atoms with E-state index in [-0.39, 0.29) is 11.7 Å². The average Bonchev–Trinajstić information content (AvgIpc) is 3.06. The molecule has 0 unspecified atom stereocenters. The molecule has 0 saturated heterocycles. The Balaban J connectivity index is 1.49. The van der Waals surface area contributed by atoms with Gasteiger partial charge in [-0.1, -0.05) is 29.8 Å². The molecule has 0 aliphatic heterocycles. The maximum Gasteiger partial charge on any atom is 0.226 e. The van der Waals surface area contributed by atoms with Gasteiger partial charge in [-0.05, 0) is 31.2 Å². The molecule has 1 heterocycles. The molecule has 0 spiro atoms. The summed E-state index contributed by atoms with van der Waals surface area (Å²) in [5, 5.41) is 5.38. The van der Waals surface area contributed by atoms with Crippen LogP contribution in [0.3, 0.4) is 0 Å². The molecule has 0 fully saturated rings. The van der Waals surface area contributed by atoms with E-state index in [9.17, 15) is 9.18 Å². The number of thiazole rings is 1. The van der Waals surface area contributed by atoms with Crippen LogP contribution in [0.2, 0.25) is 0 Å². The largest absolute Gasteiger partial charge is 0.302 e. The molecule has 0 aliphatic rings. The van der Waals surface area contributed by atoms with Crippen molar-refractivity contribution in [3.8, 4) is 11.3 Å². The molecule has 128 valence electrons. The summed E-state index contributed by atoms with van der Waals surface area (Å²) in [5.74, 6) is 0.308. The van der Waals surface area contributed by atoms with E-state index in [0.717, 1.165) is 16.2 Å². The minimum atomic E-state index is -0.254. The molecule has 0 saturated carbocycles. The maximum absolute atomic E-state index is 12.8. The van der Waals surface area contributed by atoms with Crippen LogP contribution in [0.1, 0.15) is 12.0 Å². The van der Waals surface area contributed by atoms with Gasteiger partial charge < -0.3 is 5.32 Å². The number of rotatable bonds is 6. The van der Waals surface area contributed by atoms with Gasteiger partial charge in [0.15, 0.2) is 5.13 Å². The lowest BCUT2D eigenvalue weighted by Gasteiger charge is -2.02. The maximum atomic E-state index is 12.8. The van der Waals surface area contributed by atoms with Crippen LogP contribution < -0.4 is 5.32 Å². The summed E-state index contributed by atoms with van der Waals surface area (Å²) in [4.78, 5) is 17.4. The highest BCUT2D eigenvalue weighted by molar-refractivity contribution is 7.99. The topological polar surface area (TPSA) is 42.0 Å². The van der Waals surface area contributed by atoms with E-state index in [1.165, 1.54) is 40.8 Å². The van der Waals surface area contributed by atoms with Crippen molar-refractivity contribution in [2.45, 2.75) is 18.2 Å². The molecule has 0 aliphatic carbocycles. The fourth-order valence-electron chi connectivity index (χ4n) is 2.16. The molecule has 0 bridgehead atoms. The van der Waals surface area contributed by atoms with Crippen LogP contribution in [-0.4, -0.2) is 16.6 Å². The number of carbonyl (C=O) groups excluding carboxylic acids is 1. The molecule has 1 amide bonds. The molecule has 1 aromatic heterocycles. The van der Waals surface area contributed by atoms with Crippen molar-refractivity contribution in [2.75, 3.05) is 11.1 Å². The Bertz CT molecular complexity index is 845. The highest BCUT2D eigenvalue weighted by Crippen LogP contribution is 2.25. The van der Waals surface area contributed by atoms with Crippen LogP contribution in [0.15, 0.2) is 58.8 Å². The minimum absolute atomic E-state index is 0.0700. The minimum Gasteiger partial charge on any atom is -0.302 e. The summed E-state index contributed by atoms with van der Waals surface area (Å²) in [5.41, 5.74) is 3.10. The molecule has 3 aromatic rings. The Kier molecular flexibility index (Phi) is 5.83. The fourth-order valence-corrected chi connectivity index (χ4v) is 3.75. The number of halogens is 1. The monoisotopic (exact) mass is 372 g/mol. The quantitative estimate of drug-likeness (QED) is 0.591. The molecule has 6 heteroatoms. The first-order chi connectivity index (χ1) is 12.1. The third-order valence-corrected chi connectivity index (χ3v) is 5.28. The normalized spacial score (nSPS) is 10.6. The smallest absolute Gasteiger partial charge is 0.226 e. The van der Waals surface area contributed by atoms with Crippen molar-refractivity contribution in [2.24, 2.45) is 0 Å². The Morgan fingerprint density at radius 3 is 2.60 bits per heavy atom. The van der Waals surface area contributed by atoms with Gasteiger partial charge in [0, 0.05) is 28.0 Å². The number of aryl methyl sites for hydroxylation is 1. The van der Waals surface area contributed by atoms with Crippen LogP contribution >= 0.6 is 23.1 Å². The van der Waals surface area contributed by atoms with Crippen LogP contribution in [0.4, 0.5) is 9.52 Å². The molecule has 2 aromatic carbocycles. The Morgan fingerprint density at radius 2 is 1.88 bits per heavy atom. The van der Waals surface area contributed by atoms with E-state index < -0.39 is 0 Å². The Morgan fingerprint density at radius 1 is 1.16 bits per heavy atom. The standard InChI is InChI=1S/C19H17FN2OS2/c1-13-2-4-14(5-3-13)17-12-25-19(21-17)22-18(23)10-11-24-16-8-6-15(20)7-9-16/h2-9,12H,10-11H2,1H3,(H,21,22,23). The molecule has 0 radical (unpaired) electrons. The lowest BCUT2D eigenvalue weighted by atomic mass is 10.1. The van der Waals surface area contributed by atoms with E-state index in [0.29, 0.717) is 17.3 Å². The first-order valence-corrected chi connectivity index (χ1v) is 9.67. The zero-order valence-electron chi connectivity index (χ0n) is 13.7. The van der Waals surface area contributed by atoms with Gasteiger partial charge in [-0.3, -0.25) is 4.79 Å². The highest BCUT2D eigenvalue weighted by Gasteiger charge is 2.08. The number of hydrogen-bond donors (Lipinski definition) is 1. The van der Waals surface area contributed by atoms with Crippen molar-refractivity contribution in [3.05, 3.63) is 65.3 Å². The van der Waals surface area contributed by atoms with Crippen molar-refractivity contribution in [1.29, 1.82) is 0 Å². The number of amides is 1. The van der Waals surface area contributed by atoms with Gasteiger partial charge >= 0.3 is 0 Å². The van der Waals surface area contributed by atoms with Crippen LogP contribution in [0.5, 0.6) is 0 Å². The van der Waals surface area contributed by atoms with Gasteiger partial charge in [-0.2, -0.15) is 0 Å². The van der Waals surface area contributed by atoms with Gasteiger partial charge in [-0.15, -0.1) is 23.1 Å². The van der Waals surface area contributed by atoms with E-state index in [4.69, 9.17) is 0 Å². The third-order valence-electron chi connectivity index (χ3n) is 3.51. The summed E-state index contributed by atoms with van der Waals surface area (Å²) in [7, 11) is 0. The van der Waals surface area contributed by atoms with Crippen molar-refractivity contribution in [1.82, 2.24) is 4.98 Å².